The van der Waals surface area contributed by atoms with Crippen LogP contribution in [0.4, 0.5) is 23.8 Å². The molecule has 0 spiro atoms. The highest BCUT2D eigenvalue weighted by molar-refractivity contribution is 7.10. The van der Waals surface area contributed by atoms with Crippen molar-refractivity contribution in [2.24, 2.45) is 5.92 Å². The maximum atomic E-state index is 12.8. The molecule has 3 atom stereocenters. The van der Waals surface area contributed by atoms with Gasteiger partial charge in [0.05, 0.1) is 13.2 Å². The van der Waals surface area contributed by atoms with Crippen LogP contribution in [-0.2, 0) is 15.1 Å². The van der Waals surface area contributed by atoms with E-state index in [9.17, 15) is 18.0 Å². The number of rotatable bonds is 2. The van der Waals surface area contributed by atoms with E-state index in [4.69, 9.17) is 14.7 Å². The fourth-order valence-electron chi connectivity index (χ4n) is 2.63. The normalized spacial score (nSPS) is 31.8. The lowest BCUT2D eigenvalue weighted by Crippen LogP contribution is -2.54. The molecular weight excluding hydrogens is 327 g/mol. The molecule has 0 saturated carbocycles. The monoisotopic (exact) mass is 339 g/mol. The summed E-state index contributed by atoms with van der Waals surface area (Å²) in [5.74, 6) is -0.344. The van der Waals surface area contributed by atoms with Crippen molar-refractivity contribution in [3.63, 3.8) is 0 Å². The number of nitrogens with one attached hydrogen (secondary N) is 2. The Bertz CT molecular complexity index is 581. The van der Waals surface area contributed by atoms with Gasteiger partial charge >= 0.3 is 12.3 Å². The highest BCUT2D eigenvalue weighted by atomic mass is 32.1. The summed E-state index contributed by atoms with van der Waals surface area (Å²) < 4.78 is 43.4. The lowest BCUT2D eigenvalue weighted by atomic mass is 9.81. The van der Waals surface area contributed by atoms with E-state index in [0.29, 0.717) is 5.01 Å². The molecule has 3 N–H and O–H groups in total. The van der Waals surface area contributed by atoms with Crippen LogP contribution in [0.1, 0.15) is 11.4 Å². The zero-order chi connectivity index (χ0) is 16.0. The van der Waals surface area contributed by atoms with E-state index in [1.807, 2.05) is 0 Å². The predicted molar refractivity (Wildman–Crippen MR) is 68.4 cm³/mol. The van der Waals surface area contributed by atoms with Gasteiger partial charge in [0.2, 0.25) is 0 Å². The number of hydroxylamine groups is 1. The number of ether oxygens (including phenoxy) is 1. The Labute approximate surface area is 126 Å². The van der Waals surface area contributed by atoms with Crippen molar-refractivity contribution in [2.75, 3.05) is 18.5 Å². The first-order valence-corrected chi connectivity index (χ1v) is 7.22. The average molecular weight is 339 g/mol. The molecule has 11 heteroatoms. The Morgan fingerprint density at radius 2 is 2.36 bits per heavy atom. The maximum Gasteiger partial charge on any atom is 0.414 e. The first-order chi connectivity index (χ1) is 10.3. The van der Waals surface area contributed by atoms with Crippen LogP contribution in [0.25, 0.3) is 0 Å². The van der Waals surface area contributed by atoms with Crippen LogP contribution in [0, 0.1) is 5.92 Å². The first-order valence-electron chi connectivity index (χ1n) is 6.34. The lowest BCUT2D eigenvalue weighted by molar-refractivity contribution is -0.245. The molecule has 0 bridgehead atoms. The Morgan fingerprint density at radius 1 is 1.59 bits per heavy atom. The Morgan fingerprint density at radius 3 is 3.05 bits per heavy atom. The number of alkyl halides is 3. The van der Waals surface area contributed by atoms with Crippen molar-refractivity contribution in [3.8, 4) is 0 Å². The lowest BCUT2D eigenvalue weighted by Gasteiger charge is -2.39. The van der Waals surface area contributed by atoms with Gasteiger partial charge in [-0.25, -0.2) is 9.78 Å². The van der Waals surface area contributed by atoms with Gasteiger partial charge in [0.25, 0.3) is 0 Å². The van der Waals surface area contributed by atoms with E-state index in [1.54, 1.807) is 0 Å². The smallest absolute Gasteiger partial charge is 0.414 e. The number of amides is 1. The van der Waals surface area contributed by atoms with Crippen molar-refractivity contribution < 1.29 is 32.6 Å². The minimum Gasteiger partial charge on any atom is -0.465 e. The number of anilines is 1. The van der Waals surface area contributed by atoms with Crippen LogP contribution < -0.4 is 10.8 Å². The van der Waals surface area contributed by atoms with E-state index in [-0.39, 0.29) is 25.5 Å². The van der Waals surface area contributed by atoms with Crippen molar-refractivity contribution in [1.82, 2.24) is 10.5 Å². The van der Waals surface area contributed by atoms with E-state index in [1.165, 1.54) is 5.38 Å². The highest BCUT2D eigenvalue weighted by Gasteiger charge is 2.56. The summed E-state index contributed by atoms with van der Waals surface area (Å²) in [7, 11) is 0. The van der Waals surface area contributed by atoms with E-state index < -0.39 is 29.8 Å². The second kappa shape index (κ2) is 5.33. The summed E-state index contributed by atoms with van der Waals surface area (Å²) in [6.45, 7) is -0.140. The predicted octanol–water partition coefficient (Wildman–Crippen LogP) is 1.93. The van der Waals surface area contributed by atoms with Crippen LogP contribution in [-0.4, -0.2) is 41.7 Å². The van der Waals surface area contributed by atoms with Gasteiger partial charge in [-0.05, 0) is 6.42 Å². The molecule has 7 nitrogen and oxygen atoms in total. The molecular formula is C11H12F3N3O4S. The number of hydrogen-bond acceptors (Lipinski definition) is 6. The highest BCUT2D eigenvalue weighted by Crippen LogP contribution is 2.45. The topological polar surface area (TPSA) is 92.7 Å². The number of nitrogens with zero attached hydrogens (tertiary/aromatic N) is 1. The second-order valence-corrected chi connectivity index (χ2v) is 5.98. The largest absolute Gasteiger partial charge is 0.465 e. The molecule has 122 valence electrons. The number of hydrogen-bond donors (Lipinski definition) is 3. The summed E-state index contributed by atoms with van der Waals surface area (Å²) in [4.78, 5) is 19.8. The fraction of sp³-hybridized carbons (Fsp3) is 0.636. The Kier molecular flexibility index (Phi) is 3.75. The first kappa shape index (κ1) is 15.5. The van der Waals surface area contributed by atoms with E-state index in [0.717, 1.165) is 11.3 Å². The van der Waals surface area contributed by atoms with Gasteiger partial charge in [0.15, 0.2) is 6.10 Å². The molecule has 2 aliphatic rings. The zero-order valence-corrected chi connectivity index (χ0v) is 11.8. The van der Waals surface area contributed by atoms with Gasteiger partial charge in [0.1, 0.15) is 16.4 Å². The molecule has 3 heterocycles. The quantitative estimate of drug-likeness (QED) is 0.762. The average Bonchev–Trinajstić information content (AvgIpc) is 3.02. The van der Waals surface area contributed by atoms with Crippen molar-refractivity contribution >= 4 is 23.2 Å². The summed E-state index contributed by atoms with van der Waals surface area (Å²) in [5, 5.41) is 12.7. The third-order valence-electron chi connectivity index (χ3n) is 3.73. The molecule has 0 aromatic carbocycles. The molecule has 2 saturated heterocycles. The minimum absolute atomic E-state index is 0.108. The standard InChI is InChI=1S/C11H12F3N3O4S/c12-11(13,14)6-1-5-2-21-17-10(5,4-20-6)8-15-7(3-22-8)16-9(18)19/h3,5-6,16-17H,1-2,4H2,(H,18,19)/t5-,6+,10-/m0/s1. The summed E-state index contributed by atoms with van der Waals surface area (Å²) in [6.07, 6.45) is -7.75. The molecule has 0 unspecified atom stereocenters. The fourth-order valence-corrected chi connectivity index (χ4v) is 3.59. The zero-order valence-electron chi connectivity index (χ0n) is 11.0. The van der Waals surface area contributed by atoms with Gasteiger partial charge in [-0.1, -0.05) is 0 Å². The molecule has 2 fully saturated rings. The molecule has 0 radical (unpaired) electrons. The number of halogens is 3. The third-order valence-corrected chi connectivity index (χ3v) is 4.75. The second-order valence-electron chi connectivity index (χ2n) is 5.13. The molecule has 2 aliphatic heterocycles. The van der Waals surface area contributed by atoms with Crippen LogP contribution >= 0.6 is 11.3 Å². The Balaban J connectivity index is 1.83. The molecule has 1 aromatic heterocycles. The minimum atomic E-state index is -4.42. The summed E-state index contributed by atoms with van der Waals surface area (Å²) >= 11 is 1.13. The van der Waals surface area contributed by atoms with Gasteiger partial charge in [-0.2, -0.15) is 18.7 Å². The van der Waals surface area contributed by atoms with Crippen molar-refractivity contribution in [1.29, 1.82) is 0 Å². The van der Waals surface area contributed by atoms with Gasteiger partial charge < -0.3 is 14.7 Å². The van der Waals surface area contributed by atoms with Crippen LogP contribution in [0.2, 0.25) is 0 Å². The molecule has 3 rings (SSSR count). The SMILES string of the molecule is O=C(O)Nc1csc([C@]23CO[C@@H](C(F)(F)F)C[C@H]2CON3)n1. The number of aromatic nitrogens is 1. The summed E-state index contributed by atoms with van der Waals surface area (Å²) in [6, 6.07) is 0. The summed E-state index contributed by atoms with van der Waals surface area (Å²) in [5.41, 5.74) is 1.73. The number of carbonyl (C=O) groups is 1. The van der Waals surface area contributed by atoms with Crippen LogP contribution in [0.15, 0.2) is 5.38 Å². The van der Waals surface area contributed by atoms with Crippen LogP contribution in [0.5, 0.6) is 0 Å². The third kappa shape index (κ3) is 2.64. The molecule has 22 heavy (non-hydrogen) atoms. The Hall–Kier alpha value is -1.43. The maximum absolute atomic E-state index is 12.8. The van der Waals surface area contributed by atoms with Gasteiger partial charge in [-0.3, -0.25) is 5.32 Å². The number of thiazole rings is 1. The van der Waals surface area contributed by atoms with Crippen molar-refractivity contribution in [3.05, 3.63) is 10.4 Å². The van der Waals surface area contributed by atoms with E-state index >= 15 is 0 Å². The molecule has 0 aliphatic carbocycles. The van der Waals surface area contributed by atoms with E-state index in [2.05, 4.69) is 15.8 Å². The van der Waals surface area contributed by atoms with Gasteiger partial charge in [0, 0.05) is 11.3 Å². The van der Waals surface area contributed by atoms with Gasteiger partial charge in [-0.15, -0.1) is 11.3 Å². The van der Waals surface area contributed by atoms with Crippen molar-refractivity contribution in [2.45, 2.75) is 24.2 Å². The molecule has 1 amide bonds. The number of fused-ring (bicyclic) bond motifs is 1. The number of carboxylic acid groups (broad SMARTS) is 1. The van der Waals surface area contributed by atoms with Crippen LogP contribution in [0.3, 0.4) is 0 Å². The molecule has 1 aromatic rings.